The number of nitrogens with zero attached hydrogens (tertiary/aromatic N) is 3. The van der Waals surface area contributed by atoms with Crippen LogP contribution in [0, 0.1) is 0 Å². The number of halogens is 2. The van der Waals surface area contributed by atoms with Crippen molar-refractivity contribution in [1.82, 2.24) is 4.90 Å². The van der Waals surface area contributed by atoms with Crippen molar-refractivity contribution in [3.05, 3.63) is 51.2 Å². The number of para-hydroxylation sites is 1. The van der Waals surface area contributed by atoms with Crippen molar-refractivity contribution < 1.29 is 9.59 Å². The number of benzene rings is 1. The van der Waals surface area contributed by atoms with Crippen LogP contribution in [0.15, 0.2) is 51.1 Å². The first kappa shape index (κ1) is 17.9. The maximum Gasteiger partial charge on any atom is 0.205 e. The molecule has 1 spiro atoms. The predicted molar refractivity (Wildman–Crippen MR) is 107 cm³/mol. The van der Waals surface area contributed by atoms with E-state index in [2.05, 4.69) is 15.3 Å². The van der Waals surface area contributed by atoms with Gasteiger partial charge in [0.25, 0.3) is 0 Å². The number of nitrogens with one attached hydrogen (secondary N) is 1. The van der Waals surface area contributed by atoms with E-state index in [1.807, 2.05) is 18.9 Å². The van der Waals surface area contributed by atoms with Crippen LogP contribution in [0.25, 0.3) is 0 Å². The fraction of sp³-hybridized carbons (Fsp3) is 0.263. The lowest BCUT2D eigenvalue weighted by atomic mass is 9.71. The van der Waals surface area contributed by atoms with Gasteiger partial charge in [-0.15, -0.1) is 0 Å². The summed E-state index contributed by atoms with van der Waals surface area (Å²) in [6, 6.07) is 5.20. The number of aliphatic imine (C=N–C) groups is 2. The molecule has 0 fully saturated rings. The minimum Gasteiger partial charge on any atom is -0.328 e. The normalized spacial score (nSPS) is 24.1. The Morgan fingerprint density at radius 2 is 2.00 bits per heavy atom. The Bertz CT molecular complexity index is 989. The topological polar surface area (TPSA) is 74.1 Å². The zero-order valence-corrected chi connectivity index (χ0v) is 16.2. The van der Waals surface area contributed by atoms with Crippen molar-refractivity contribution in [2.75, 3.05) is 12.4 Å². The van der Waals surface area contributed by atoms with Crippen LogP contribution in [0.3, 0.4) is 0 Å². The highest BCUT2D eigenvalue weighted by Crippen LogP contribution is 2.46. The van der Waals surface area contributed by atoms with Gasteiger partial charge in [-0.3, -0.25) is 9.59 Å². The molecule has 138 valence electrons. The first-order chi connectivity index (χ1) is 12.9. The molecule has 0 saturated carbocycles. The zero-order valence-electron chi connectivity index (χ0n) is 14.7. The third kappa shape index (κ3) is 2.55. The average molecular weight is 403 g/mol. The van der Waals surface area contributed by atoms with Crippen molar-refractivity contribution in [3.8, 4) is 0 Å². The van der Waals surface area contributed by atoms with Gasteiger partial charge in [0.2, 0.25) is 5.96 Å². The summed E-state index contributed by atoms with van der Waals surface area (Å²) in [4.78, 5) is 35.0. The van der Waals surface area contributed by atoms with Crippen LogP contribution in [0.4, 0.5) is 5.69 Å². The van der Waals surface area contributed by atoms with Crippen LogP contribution in [-0.4, -0.2) is 41.4 Å². The minimum absolute atomic E-state index is 0.0256. The summed E-state index contributed by atoms with van der Waals surface area (Å²) in [6.07, 6.45) is 2.78. The van der Waals surface area contributed by atoms with Crippen LogP contribution in [-0.2, 0) is 9.59 Å². The van der Waals surface area contributed by atoms with Gasteiger partial charge in [0.15, 0.2) is 5.84 Å². The average Bonchev–Trinajstić information content (AvgIpc) is 2.89. The smallest absolute Gasteiger partial charge is 0.205 e. The fourth-order valence-electron chi connectivity index (χ4n) is 3.96. The number of carbonyl (C=O) groups excluding carboxylic acids is 2. The van der Waals surface area contributed by atoms with Crippen LogP contribution in [0.2, 0.25) is 10.0 Å². The summed E-state index contributed by atoms with van der Waals surface area (Å²) in [6.45, 7) is 1.89. The summed E-state index contributed by atoms with van der Waals surface area (Å²) in [7, 11) is 1.82. The highest BCUT2D eigenvalue weighted by Gasteiger charge is 2.55. The van der Waals surface area contributed by atoms with E-state index in [0.29, 0.717) is 33.1 Å². The van der Waals surface area contributed by atoms with E-state index < -0.39 is 5.54 Å². The van der Waals surface area contributed by atoms with Gasteiger partial charge in [0.05, 0.1) is 15.7 Å². The molecule has 27 heavy (non-hydrogen) atoms. The van der Waals surface area contributed by atoms with Crippen molar-refractivity contribution in [3.63, 3.8) is 0 Å². The molecule has 1 aliphatic carbocycles. The summed E-state index contributed by atoms with van der Waals surface area (Å²) in [5, 5.41) is 4.06. The lowest BCUT2D eigenvalue weighted by Crippen LogP contribution is -2.56. The Morgan fingerprint density at radius 3 is 2.67 bits per heavy atom. The number of Topliss-reactive ketones (excluding diaryl/α,β-unsaturated/α-hetero) is 1. The molecule has 0 radical (unpaired) electrons. The Morgan fingerprint density at radius 1 is 1.30 bits per heavy atom. The quantitative estimate of drug-likeness (QED) is 0.766. The van der Waals surface area contributed by atoms with Crippen LogP contribution < -0.4 is 5.32 Å². The summed E-state index contributed by atoms with van der Waals surface area (Å²) < 4.78 is 0. The number of allylic oxidation sites excluding steroid dienone is 1. The lowest BCUT2D eigenvalue weighted by Gasteiger charge is -2.43. The number of amidine groups is 1. The Kier molecular flexibility index (Phi) is 4.20. The summed E-state index contributed by atoms with van der Waals surface area (Å²) >= 11 is 12.5. The molecule has 0 saturated heterocycles. The van der Waals surface area contributed by atoms with Crippen LogP contribution in [0.1, 0.15) is 19.8 Å². The van der Waals surface area contributed by atoms with Crippen molar-refractivity contribution >= 4 is 52.8 Å². The maximum absolute atomic E-state index is 12.4. The fourth-order valence-corrected chi connectivity index (χ4v) is 4.45. The van der Waals surface area contributed by atoms with Crippen molar-refractivity contribution in [2.45, 2.75) is 25.3 Å². The third-order valence-electron chi connectivity index (χ3n) is 5.16. The van der Waals surface area contributed by atoms with E-state index in [-0.39, 0.29) is 18.6 Å². The van der Waals surface area contributed by atoms with Crippen molar-refractivity contribution in [1.29, 1.82) is 0 Å². The number of ketones is 1. The van der Waals surface area contributed by atoms with E-state index in [1.165, 1.54) is 0 Å². The van der Waals surface area contributed by atoms with Crippen LogP contribution in [0.5, 0.6) is 0 Å². The van der Waals surface area contributed by atoms with Crippen LogP contribution >= 0.6 is 23.2 Å². The molecule has 0 amide bonds. The van der Waals surface area contributed by atoms with Crippen molar-refractivity contribution in [2.24, 2.45) is 9.98 Å². The molecule has 6 nitrogen and oxygen atoms in total. The number of rotatable bonds is 2. The van der Waals surface area contributed by atoms with Gasteiger partial charge >= 0.3 is 0 Å². The van der Waals surface area contributed by atoms with E-state index >= 15 is 0 Å². The van der Waals surface area contributed by atoms with Gasteiger partial charge in [0, 0.05) is 31.7 Å². The largest absolute Gasteiger partial charge is 0.328 e. The Balaban J connectivity index is 1.84. The molecule has 1 aromatic carbocycles. The molecule has 1 N–H and O–H groups in total. The number of hydrogen-bond donors (Lipinski definition) is 1. The van der Waals surface area contributed by atoms with E-state index in [0.717, 1.165) is 17.4 Å². The molecule has 1 aromatic rings. The second-order valence-corrected chi connectivity index (χ2v) is 7.57. The summed E-state index contributed by atoms with van der Waals surface area (Å²) in [5.41, 5.74) is 1.77. The summed E-state index contributed by atoms with van der Waals surface area (Å²) in [5.74, 6) is 0.912. The highest BCUT2D eigenvalue weighted by atomic mass is 35.5. The van der Waals surface area contributed by atoms with Gasteiger partial charge in [-0.1, -0.05) is 29.3 Å². The second-order valence-electron chi connectivity index (χ2n) is 6.75. The number of guanidine groups is 1. The number of anilines is 1. The Hall–Kier alpha value is -2.44. The zero-order chi connectivity index (χ0) is 19.3. The third-order valence-corrected chi connectivity index (χ3v) is 5.79. The molecule has 0 aromatic heterocycles. The van der Waals surface area contributed by atoms with Gasteiger partial charge in [0.1, 0.15) is 17.6 Å². The predicted octanol–water partition coefficient (Wildman–Crippen LogP) is 3.62. The Labute approximate surface area is 166 Å². The molecule has 1 atom stereocenters. The number of hydrogen-bond acceptors (Lipinski definition) is 6. The van der Waals surface area contributed by atoms with Gasteiger partial charge < -0.3 is 10.2 Å². The molecule has 8 heteroatoms. The number of aldehydes is 1. The maximum atomic E-state index is 12.4. The van der Waals surface area contributed by atoms with Gasteiger partial charge in [-0.05, 0) is 30.2 Å². The van der Waals surface area contributed by atoms with E-state index in [9.17, 15) is 9.59 Å². The first-order valence-electron chi connectivity index (χ1n) is 8.38. The highest BCUT2D eigenvalue weighted by molar-refractivity contribution is 6.40. The monoisotopic (exact) mass is 402 g/mol. The minimum atomic E-state index is -0.888. The lowest BCUT2D eigenvalue weighted by molar-refractivity contribution is -0.121. The van der Waals surface area contributed by atoms with E-state index in [1.54, 1.807) is 24.4 Å². The van der Waals surface area contributed by atoms with E-state index in [4.69, 9.17) is 23.2 Å². The molecule has 2 heterocycles. The number of carbonyl (C=O) groups is 2. The molecule has 4 rings (SSSR count). The van der Waals surface area contributed by atoms with Gasteiger partial charge in [-0.25, -0.2) is 4.99 Å². The molecule has 1 unspecified atom stereocenters. The standard InChI is InChI=1S/C19H16Cl2N4O2/c1-10-8-22-17-19(7-12(27)6-11(9-26)15(10)19)25(2)18(24-17)23-16-13(20)4-3-5-14(16)21/h3-5,8-9H,6-7H2,1-2H3,(H,22,23,24). The second kappa shape index (κ2) is 6.32. The van der Waals surface area contributed by atoms with Gasteiger partial charge in [-0.2, -0.15) is 4.99 Å². The molecular weight excluding hydrogens is 387 g/mol. The first-order valence-corrected chi connectivity index (χ1v) is 9.13. The SMILES string of the molecule is CC1=CN=C2N=C(Nc3c(Cl)cccc3Cl)N(C)C23CC(=O)CC(C=O)=C13. The molecule has 3 aliphatic rings. The number of likely N-dealkylation sites (N-methyl/N-ethyl adjacent to an activating group) is 1. The molecule has 0 bridgehead atoms. The molecule has 2 aliphatic heterocycles. The molecular formula is C19H16Cl2N4O2.